The average Bonchev–Trinajstić information content (AvgIpc) is 2.87. The van der Waals surface area contributed by atoms with E-state index in [4.69, 9.17) is 5.11 Å². The van der Waals surface area contributed by atoms with E-state index in [0.717, 1.165) is 38.2 Å². The van der Waals surface area contributed by atoms with Crippen LogP contribution < -0.4 is 0 Å². The Hall–Kier alpha value is -1.02. The van der Waals surface area contributed by atoms with Crippen molar-refractivity contribution in [1.29, 1.82) is 0 Å². The Balaban J connectivity index is 2.11. The molecule has 156 valence electrons. The van der Waals surface area contributed by atoms with Crippen molar-refractivity contribution in [2.24, 2.45) is 23.2 Å². The zero-order valence-corrected chi connectivity index (χ0v) is 15.3. The summed E-state index contributed by atoms with van der Waals surface area (Å²) in [5.74, 6) is 0.314. The van der Waals surface area contributed by atoms with Gasteiger partial charge >= 0.3 is 12.4 Å². The molecule has 27 heavy (non-hydrogen) atoms. The smallest absolute Gasteiger partial charge is 0.393 e. The highest BCUT2D eigenvalue weighted by Crippen LogP contribution is 2.57. The Morgan fingerprint density at radius 3 is 2.15 bits per heavy atom. The molecule has 2 nitrogen and oxygen atoms in total. The summed E-state index contributed by atoms with van der Waals surface area (Å²) in [5.41, 5.74) is -4.95. The molecule has 0 spiro atoms. The molecule has 2 fully saturated rings. The van der Waals surface area contributed by atoms with Crippen molar-refractivity contribution >= 4 is 0 Å². The molecule has 0 radical (unpaired) electrons. The first-order valence-electron chi connectivity index (χ1n) is 9.14. The van der Waals surface area contributed by atoms with Gasteiger partial charge in [0.2, 0.25) is 0 Å². The zero-order valence-electron chi connectivity index (χ0n) is 15.3. The summed E-state index contributed by atoms with van der Waals surface area (Å²) in [6.07, 6.45) is -4.65. The highest BCUT2D eigenvalue weighted by atomic mass is 19.4. The van der Waals surface area contributed by atoms with Crippen LogP contribution in [0.1, 0.15) is 46.0 Å². The zero-order chi connectivity index (χ0) is 20.7. The molecule has 2 unspecified atom stereocenters. The van der Waals surface area contributed by atoms with Crippen LogP contribution in [0.25, 0.3) is 0 Å². The lowest BCUT2D eigenvalue weighted by Crippen LogP contribution is -2.55. The minimum absolute atomic E-state index is 0.0696. The molecule has 2 N–H and O–H groups in total. The minimum Gasteiger partial charge on any atom is -0.393 e. The van der Waals surface area contributed by atoms with Gasteiger partial charge in [0, 0.05) is 0 Å². The van der Waals surface area contributed by atoms with Gasteiger partial charge in [0.1, 0.15) is 0 Å². The molecule has 2 saturated carbocycles. The molecule has 0 bridgehead atoms. The Morgan fingerprint density at radius 2 is 1.59 bits per heavy atom. The highest BCUT2D eigenvalue weighted by molar-refractivity contribution is 5.17. The lowest BCUT2D eigenvalue weighted by atomic mass is 9.62. The van der Waals surface area contributed by atoms with Crippen LogP contribution in [0.2, 0.25) is 0 Å². The average molecular weight is 400 g/mol. The van der Waals surface area contributed by atoms with E-state index < -0.39 is 18.0 Å². The van der Waals surface area contributed by atoms with E-state index >= 15 is 0 Å². The molecule has 2 rings (SSSR count). The number of hydrogen-bond donors (Lipinski definition) is 2. The third-order valence-corrected chi connectivity index (χ3v) is 6.52. The standard InChI is InChI=1S/C19H26F6O2/c1-12(13-8-9-14-15(26)7-5-10-16(13,14)2)6-3-4-11-17(27,18(20,21)22)19(23,24)25/h3-4,6,11-15,26-27H,5,7-10H2,1-2H3/b6-3+,11-4?/t12?,13?,14-,15-,16+/m0/s1. The van der Waals surface area contributed by atoms with E-state index in [1.807, 2.05) is 6.92 Å². The lowest BCUT2D eigenvalue weighted by Gasteiger charge is -2.44. The third-order valence-electron chi connectivity index (χ3n) is 6.52. The van der Waals surface area contributed by atoms with Gasteiger partial charge in [-0.3, -0.25) is 0 Å². The van der Waals surface area contributed by atoms with E-state index in [2.05, 4.69) is 6.92 Å². The molecule has 0 aromatic heterocycles. The van der Waals surface area contributed by atoms with Crippen LogP contribution in [0.4, 0.5) is 26.3 Å². The van der Waals surface area contributed by atoms with E-state index in [0.29, 0.717) is 6.08 Å². The summed E-state index contributed by atoms with van der Waals surface area (Å²) < 4.78 is 75.8. The number of allylic oxidation sites excluding steroid dienone is 3. The maximum absolute atomic E-state index is 12.6. The molecule has 2 aliphatic rings. The molecule has 0 heterocycles. The van der Waals surface area contributed by atoms with Crippen molar-refractivity contribution in [1.82, 2.24) is 0 Å². The molecule has 5 atom stereocenters. The molecular formula is C19H26F6O2. The largest absolute Gasteiger partial charge is 0.430 e. The van der Waals surface area contributed by atoms with Crippen molar-refractivity contribution in [3.8, 4) is 0 Å². The van der Waals surface area contributed by atoms with Crippen molar-refractivity contribution in [2.75, 3.05) is 0 Å². The number of alkyl halides is 6. The first-order valence-corrected chi connectivity index (χ1v) is 9.14. The van der Waals surface area contributed by atoms with Gasteiger partial charge in [0.05, 0.1) is 6.10 Å². The van der Waals surface area contributed by atoms with Crippen LogP contribution in [0.3, 0.4) is 0 Å². The summed E-state index contributed by atoms with van der Waals surface area (Å²) in [4.78, 5) is 0. The van der Waals surface area contributed by atoms with Crippen LogP contribution in [0.5, 0.6) is 0 Å². The van der Waals surface area contributed by atoms with Crippen molar-refractivity contribution < 1.29 is 36.6 Å². The van der Waals surface area contributed by atoms with E-state index in [1.165, 1.54) is 0 Å². The Kier molecular flexibility index (Phi) is 6.13. The summed E-state index contributed by atoms with van der Waals surface area (Å²) in [6, 6.07) is 0. The molecular weight excluding hydrogens is 374 g/mol. The van der Waals surface area contributed by atoms with Crippen LogP contribution in [0, 0.1) is 23.2 Å². The van der Waals surface area contributed by atoms with Gasteiger partial charge < -0.3 is 10.2 Å². The van der Waals surface area contributed by atoms with Gasteiger partial charge in [-0.2, -0.15) is 26.3 Å². The number of rotatable bonds is 4. The van der Waals surface area contributed by atoms with Gasteiger partial charge in [-0.25, -0.2) is 0 Å². The molecule has 8 heteroatoms. The van der Waals surface area contributed by atoms with Gasteiger partial charge in [-0.15, -0.1) is 0 Å². The lowest BCUT2D eigenvalue weighted by molar-refractivity contribution is -0.347. The van der Waals surface area contributed by atoms with E-state index in [9.17, 15) is 31.4 Å². The topological polar surface area (TPSA) is 40.5 Å². The second-order valence-electron chi connectivity index (χ2n) is 8.12. The predicted molar refractivity (Wildman–Crippen MR) is 88.7 cm³/mol. The number of aliphatic hydroxyl groups is 2. The molecule has 0 aliphatic heterocycles. The van der Waals surface area contributed by atoms with E-state index in [-0.39, 0.29) is 35.3 Å². The fraction of sp³-hybridized carbons (Fsp3) is 0.789. The van der Waals surface area contributed by atoms with Gasteiger partial charge in [0.15, 0.2) is 0 Å². The number of halogens is 6. The van der Waals surface area contributed by atoms with Crippen molar-refractivity contribution in [3.63, 3.8) is 0 Å². The molecule has 2 aliphatic carbocycles. The molecule has 0 amide bonds. The Bertz CT molecular complexity index is 566. The minimum atomic E-state index is -5.86. The maximum Gasteiger partial charge on any atom is 0.430 e. The fourth-order valence-electron chi connectivity index (χ4n) is 4.97. The summed E-state index contributed by atoms with van der Waals surface area (Å²) in [6.45, 7) is 3.99. The monoisotopic (exact) mass is 400 g/mol. The van der Waals surface area contributed by atoms with E-state index in [1.54, 1.807) is 6.08 Å². The maximum atomic E-state index is 12.6. The summed E-state index contributed by atoms with van der Waals surface area (Å²) >= 11 is 0. The molecule has 0 aromatic carbocycles. The third kappa shape index (κ3) is 4.06. The predicted octanol–water partition coefficient (Wildman–Crippen LogP) is 5.17. The van der Waals surface area contributed by atoms with Crippen LogP contribution in [-0.2, 0) is 0 Å². The second kappa shape index (κ2) is 7.43. The first-order chi connectivity index (χ1) is 12.2. The number of aliphatic hydroxyl groups excluding tert-OH is 1. The van der Waals surface area contributed by atoms with Gasteiger partial charge in [0.25, 0.3) is 5.60 Å². The number of hydrogen-bond acceptors (Lipinski definition) is 2. The molecule has 0 saturated heterocycles. The highest BCUT2D eigenvalue weighted by Gasteiger charge is 2.68. The van der Waals surface area contributed by atoms with Crippen LogP contribution in [0.15, 0.2) is 24.3 Å². The van der Waals surface area contributed by atoms with Gasteiger partial charge in [-0.1, -0.05) is 38.5 Å². The summed E-state index contributed by atoms with van der Waals surface area (Å²) in [5, 5.41) is 19.3. The second-order valence-corrected chi connectivity index (χ2v) is 8.12. The SMILES string of the molecule is CC(/C=C/C=CC(O)(C(F)(F)F)C(F)(F)F)C1CC[C@H]2[C@@H](O)CCC[C@]12C. The van der Waals surface area contributed by atoms with Crippen LogP contribution >= 0.6 is 0 Å². The Labute approximate surface area is 154 Å². The van der Waals surface area contributed by atoms with Crippen molar-refractivity contribution in [2.45, 2.75) is 70.0 Å². The first kappa shape index (κ1) is 22.3. The summed E-state index contributed by atoms with van der Waals surface area (Å²) in [7, 11) is 0. The number of fused-ring (bicyclic) bond motifs is 1. The van der Waals surface area contributed by atoms with Crippen molar-refractivity contribution in [3.05, 3.63) is 24.3 Å². The normalized spacial score (nSPS) is 34.4. The molecule has 0 aromatic rings. The Morgan fingerprint density at radius 1 is 1.00 bits per heavy atom. The fourth-order valence-corrected chi connectivity index (χ4v) is 4.97. The van der Waals surface area contributed by atoms with Crippen LogP contribution in [-0.4, -0.2) is 34.3 Å². The quantitative estimate of drug-likeness (QED) is 0.505. The van der Waals surface area contributed by atoms with Gasteiger partial charge in [-0.05, 0) is 54.9 Å².